The maximum absolute atomic E-state index is 12.4. The number of anilines is 1. The highest BCUT2D eigenvalue weighted by Gasteiger charge is 2.31. The van der Waals surface area contributed by atoms with Gasteiger partial charge in [0, 0.05) is 17.4 Å². The summed E-state index contributed by atoms with van der Waals surface area (Å²) in [5, 5.41) is 17.0. The van der Waals surface area contributed by atoms with Gasteiger partial charge >= 0.3 is 0 Å². The molecule has 3 N–H and O–H groups in total. The minimum Gasteiger partial charge on any atom is -0.506 e. The zero-order chi connectivity index (χ0) is 21.8. The third kappa shape index (κ3) is 5.31. The van der Waals surface area contributed by atoms with Gasteiger partial charge in [-0.15, -0.1) is 11.3 Å². The maximum Gasteiger partial charge on any atom is 0.286 e. The summed E-state index contributed by atoms with van der Waals surface area (Å²) in [5.74, 6) is -0.631. The van der Waals surface area contributed by atoms with Gasteiger partial charge in [-0.25, -0.2) is 4.98 Å². The van der Waals surface area contributed by atoms with E-state index in [-0.39, 0.29) is 34.9 Å². The van der Waals surface area contributed by atoms with Crippen molar-refractivity contribution < 1.29 is 19.5 Å². The molecule has 2 heterocycles. The first-order valence-corrected chi connectivity index (χ1v) is 11.4. The molecule has 3 amide bonds. The van der Waals surface area contributed by atoms with Gasteiger partial charge in [0.15, 0.2) is 0 Å². The Morgan fingerprint density at radius 1 is 1.16 bits per heavy atom. The molecule has 31 heavy (non-hydrogen) atoms. The van der Waals surface area contributed by atoms with E-state index in [1.54, 1.807) is 12.1 Å². The van der Waals surface area contributed by atoms with Gasteiger partial charge in [0.25, 0.3) is 5.24 Å². The molecule has 4 rings (SSSR count). The molecule has 1 fully saturated rings. The number of carbonyl (C=O) groups excluding carboxylic acids is 3. The minimum absolute atomic E-state index is 0.0586. The van der Waals surface area contributed by atoms with Crippen LogP contribution in [0.2, 0.25) is 0 Å². The zero-order valence-electron chi connectivity index (χ0n) is 16.3. The molecule has 2 aromatic carbocycles. The number of rotatable bonds is 7. The molecule has 0 radical (unpaired) electrons. The van der Waals surface area contributed by atoms with Gasteiger partial charge in [-0.2, -0.15) is 0 Å². The first kappa shape index (κ1) is 21.1. The number of phenolic OH excluding ortho intramolecular Hbond substituents is 1. The number of imide groups is 1. The van der Waals surface area contributed by atoms with Crippen molar-refractivity contribution in [3.8, 4) is 16.3 Å². The van der Waals surface area contributed by atoms with E-state index in [2.05, 4.69) is 15.6 Å². The van der Waals surface area contributed by atoms with Gasteiger partial charge in [-0.05, 0) is 30.5 Å². The Morgan fingerprint density at radius 3 is 2.71 bits per heavy atom. The van der Waals surface area contributed by atoms with Crippen LogP contribution in [-0.2, 0) is 22.4 Å². The molecule has 1 aliphatic rings. The van der Waals surface area contributed by atoms with Crippen LogP contribution in [0.5, 0.6) is 5.75 Å². The van der Waals surface area contributed by atoms with Crippen molar-refractivity contribution in [3.63, 3.8) is 0 Å². The molecule has 9 heteroatoms. The predicted octanol–water partition coefficient (Wildman–Crippen LogP) is 3.98. The van der Waals surface area contributed by atoms with E-state index < -0.39 is 5.25 Å². The second kappa shape index (κ2) is 9.32. The summed E-state index contributed by atoms with van der Waals surface area (Å²) in [4.78, 5) is 40.1. The van der Waals surface area contributed by atoms with Crippen molar-refractivity contribution in [2.45, 2.75) is 24.5 Å². The molecule has 1 unspecified atom stereocenters. The Labute approximate surface area is 186 Å². The summed E-state index contributed by atoms with van der Waals surface area (Å²) in [6.45, 7) is 0. The van der Waals surface area contributed by atoms with Crippen LogP contribution in [0.1, 0.15) is 17.7 Å². The summed E-state index contributed by atoms with van der Waals surface area (Å²) in [7, 11) is 0. The normalized spacial score (nSPS) is 15.7. The van der Waals surface area contributed by atoms with Gasteiger partial charge < -0.3 is 10.4 Å². The number of hydrogen-bond donors (Lipinski definition) is 3. The molecular formula is C22H19N3O4S2. The highest BCUT2D eigenvalue weighted by Crippen LogP contribution is 2.29. The molecule has 7 nitrogen and oxygen atoms in total. The van der Waals surface area contributed by atoms with Gasteiger partial charge in [0.1, 0.15) is 10.8 Å². The predicted molar refractivity (Wildman–Crippen MR) is 121 cm³/mol. The lowest BCUT2D eigenvalue weighted by atomic mass is 10.1. The monoisotopic (exact) mass is 453 g/mol. The highest BCUT2D eigenvalue weighted by molar-refractivity contribution is 8.15. The molecule has 1 saturated heterocycles. The number of thiazole rings is 1. The molecule has 0 spiro atoms. The Hall–Kier alpha value is -3.17. The number of nitrogens with one attached hydrogen (secondary N) is 2. The number of nitrogens with zero attached hydrogens (tertiary/aromatic N) is 1. The van der Waals surface area contributed by atoms with Crippen molar-refractivity contribution >= 4 is 45.8 Å². The number of carbonyl (C=O) groups is 3. The fraction of sp³-hybridized carbons (Fsp3) is 0.182. The number of aromatic nitrogens is 1. The zero-order valence-corrected chi connectivity index (χ0v) is 18.0. The van der Waals surface area contributed by atoms with E-state index in [1.165, 1.54) is 17.4 Å². The second-order valence-corrected chi connectivity index (χ2v) is 9.03. The number of aromatic hydroxyl groups is 1. The number of aryl methyl sites for hydroxylation is 1. The minimum atomic E-state index is -0.510. The van der Waals surface area contributed by atoms with E-state index in [1.807, 2.05) is 35.7 Å². The molecule has 1 atom stereocenters. The Kier molecular flexibility index (Phi) is 6.34. The molecule has 1 aromatic heterocycles. The van der Waals surface area contributed by atoms with Crippen molar-refractivity contribution in [1.82, 2.24) is 10.3 Å². The van der Waals surface area contributed by atoms with Crippen LogP contribution in [-0.4, -0.2) is 32.4 Å². The van der Waals surface area contributed by atoms with E-state index in [0.717, 1.165) is 33.6 Å². The van der Waals surface area contributed by atoms with Gasteiger partial charge in [-0.3, -0.25) is 19.7 Å². The fourth-order valence-electron chi connectivity index (χ4n) is 3.14. The summed E-state index contributed by atoms with van der Waals surface area (Å²) >= 11 is 2.48. The molecule has 0 saturated carbocycles. The molecule has 0 bridgehead atoms. The molecule has 0 aliphatic carbocycles. The summed E-state index contributed by atoms with van der Waals surface area (Å²) in [6.07, 6.45) is 1.03. The number of hydrogen-bond acceptors (Lipinski definition) is 7. The van der Waals surface area contributed by atoms with Crippen LogP contribution in [0.25, 0.3) is 10.6 Å². The SMILES string of the molecule is O=C(CCc1csc(-c2ccccc2)n1)Nc1cc(CC2SC(=O)NC2=O)ccc1O. The standard InChI is InChI=1S/C22H19N3O4S2/c26-17-8-6-13(11-18-20(28)25-22(29)31-18)10-16(17)24-19(27)9-7-15-12-30-21(23-15)14-4-2-1-3-5-14/h1-6,8,10,12,18,26H,7,9,11H2,(H,24,27)(H,25,28,29). The van der Waals surface area contributed by atoms with Crippen LogP contribution < -0.4 is 10.6 Å². The molecule has 3 aromatic rings. The summed E-state index contributed by atoms with van der Waals surface area (Å²) in [6, 6.07) is 14.6. The Balaban J connectivity index is 1.35. The first-order valence-electron chi connectivity index (χ1n) is 9.61. The van der Waals surface area contributed by atoms with Crippen LogP contribution in [0.3, 0.4) is 0 Å². The second-order valence-electron chi connectivity index (χ2n) is 7.00. The van der Waals surface area contributed by atoms with Crippen molar-refractivity contribution in [1.29, 1.82) is 0 Å². The van der Waals surface area contributed by atoms with Crippen molar-refractivity contribution in [2.24, 2.45) is 0 Å². The van der Waals surface area contributed by atoms with Gasteiger partial charge in [0.2, 0.25) is 11.8 Å². The van der Waals surface area contributed by atoms with Crippen LogP contribution in [0.15, 0.2) is 53.9 Å². The van der Waals surface area contributed by atoms with Crippen LogP contribution in [0.4, 0.5) is 10.5 Å². The molecular weight excluding hydrogens is 434 g/mol. The van der Waals surface area contributed by atoms with E-state index in [9.17, 15) is 19.5 Å². The average Bonchev–Trinajstić information content (AvgIpc) is 3.36. The average molecular weight is 454 g/mol. The van der Waals surface area contributed by atoms with Gasteiger partial charge in [-0.1, -0.05) is 48.2 Å². The number of phenols is 1. The van der Waals surface area contributed by atoms with E-state index in [4.69, 9.17) is 0 Å². The molecule has 1 aliphatic heterocycles. The highest BCUT2D eigenvalue weighted by atomic mass is 32.2. The number of thioether (sulfide) groups is 1. The molecule has 158 valence electrons. The Bertz CT molecular complexity index is 1130. The first-order chi connectivity index (χ1) is 15.0. The summed E-state index contributed by atoms with van der Waals surface area (Å²) < 4.78 is 0. The summed E-state index contributed by atoms with van der Waals surface area (Å²) in [5.41, 5.74) is 2.90. The topological polar surface area (TPSA) is 108 Å². The van der Waals surface area contributed by atoms with Crippen molar-refractivity contribution in [3.05, 3.63) is 65.2 Å². The Morgan fingerprint density at radius 2 is 1.97 bits per heavy atom. The smallest absolute Gasteiger partial charge is 0.286 e. The number of benzene rings is 2. The maximum atomic E-state index is 12.4. The quantitative estimate of drug-likeness (QED) is 0.467. The van der Waals surface area contributed by atoms with Gasteiger partial charge in [0.05, 0.1) is 16.6 Å². The largest absolute Gasteiger partial charge is 0.506 e. The lowest BCUT2D eigenvalue weighted by molar-refractivity contribution is -0.119. The third-order valence-corrected chi connectivity index (χ3v) is 6.63. The van der Waals surface area contributed by atoms with E-state index in [0.29, 0.717) is 12.8 Å². The lowest BCUT2D eigenvalue weighted by Crippen LogP contribution is -2.25. The third-order valence-electron chi connectivity index (χ3n) is 4.70. The fourth-order valence-corrected chi connectivity index (χ4v) is 4.86. The van der Waals surface area contributed by atoms with Crippen LogP contribution in [0, 0.1) is 0 Å². The van der Waals surface area contributed by atoms with Crippen LogP contribution >= 0.6 is 23.1 Å². The number of amides is 3. The van der Waals surface area contributed by atoms with Crippen molar-refractivity contribution in [2.75, 3.05) is 5.32 Å². The van der Waals surface area contributed by atoms with E-state index >= 15 is 0 Å². The lowest BCUT2D eigenvalue weighted by Gasteiger charge is -2.11.